The molecule has 0 aliphatic carbocycles. The first-order chi connectivity index (χ1) is 12.1. The molecule has 1 heterocycles. The number of methoxy groups -OCH3 is 2. The van der Waals surface area contributed by atoms with Gasteiger partial charge in [0.05, 0.1) is 24.4 Å². The minimum absolute atomic E-state index is 0.0126. The molecule has 25 heavy (non-hydrogen) atoms. The average molecular weight is 358 g/mol. The van der Waals surface area contributed by atoms with Crippen molar-refractivity contribution in [3.63, 3.8) is 0 Å². The minimum Gasteiger partial charge on any atom is -0.497 e. The number of thiazole rings is 1. The molecule has 6 nitrogen and oxygen atoms in total. The van der Waals surface area contributed by atoms with Gasteiger partial charge in [-0.15, -0.1) is 0 Å². The number of carbonyl (C=O) groups excluding carboxylic acids is 1. The lowest BCUT2D eigenvalue weighted by Crippen LogP contribution is -2.30. The lowest BCUT2D eigenvalue weighted by atomic mass is 10.2. The van der Waals surface area contributed by atoms with Gasteiger partial charge in [0.2, 0.25) is 5.91 Å². The summed E-state index contributed by atoms with van der Waals surface area (Å²) in [5.74, 6) is 1.09. The average Bonchev–Trinajstić information content (AvgIpc) is 2.95. The van der Waals surface area contributed by atoms with Gasteiger partial charge in [-0.3, -0.25) is 14.2 Å². The van der Waals surface area contributed by atoms with Crippen molar-refractivity contribution in [2.75, 3.05) is 14.2 Å². The normalized spacial score (nSPS) is 10.6. The van der Waals surface area contributed by atoms with Gasteiger partial charge in [-0.2, -0.15) is 0 Å². The summed E-state index contributed by atoms with van der Waals surface area (Å²) in [5, 5.41) is 2.83. The third-order valence-corrected chi connectivity index (χ3v) is 4.81. The number of hydrogen-bond donors (Lipinski definition) is 1. The van der Waals surface area contributed by atoms with Gasteiger partial charge in [0.1, 0.15) is 18.0 Å². The van der Waals surface area contributed by atoms with E-state index >= 15 is 0 Å². The molecule has 0 fully saturated rings. The highest BCUT2D eigenvalue weighted by atomic mass is 32.1. The van der Waals surface area contributed by atoms with Crippen molar-refractivity contribution >= 4 is 27.5 Å². The zero-order valence-electron chi connectivity index (χ0n) is 13.9. The number of carbonyl (C=O) groups is 1. The first kappa shape index (κ1) is 17.0. The third kappa shape index (κ3) is 3.66. The molecule has 0 saturated carbocycles. The van der Waals surface area contributed by atoms with E-state index < -0.39 is 0 Å². The van der Waals surface area contributed by atoms with E-state index in [-0.39, 0.29) is 17.3 Å². The van der Waals surface area contributed by atoms with E-state index in [1.807, 2.05) is 30.3 Å². The number of aromatic nitrogens is 1. The van der Waals surface area contributed by atoms with Crippen LogP contribution < -0.4 is 19.7 Å². The van der Waals surface area contributed by atoms with Gasteiger partial charge in [-0.1, -0.05) is 23.5 Å². The van der Waals surface area contributed by atoms with Gasteiger partial charge in [0, 0.05) is 18.2 Å². The zero-order valence-corrected chi connectivity index (χ0v) is 14.8. The Labute approximate surface area is 148 Å². The number of fused-ring (bicyclic) bond motifs is 1. The lowest BCUT2D eigenvalue weighted by molar-refractivity contribution is -0.121. The second kappa shape index (κ2) is 7.40. The van der Waals surface area contributed by atoms with Gasteiger partial charge in [-0.25, -0.2) is 0 Å². The summed E-state index contributed by atoms with van der Waals surface area (Å²) in [6, 6.07) is 12.8. The molecule has 0 unspecified atom stereocenters. The van der Waals surface area contributed by atoms with E-state index in [1.165, 1.54) is 4.57 Å². The zero-order chi connectivity index (χ0) is 17.8. The molecule has 1 N–H and O–H groups in total. The Morgan fingerprint density at radius 3 is 2.72 bits per heavy atom. The number of amides is 1. The standard InChI is InChI=1S/C18H18N2O4S/c1-23-13-8-7-12(15(9-13)24-2)10-19-17(21)11-20-14-5-3-4-6-16(14)25-18(20)22/h3-9H,10-11H2,1-2H3,(H,19,21). The smallest absolute Gasteiger partial charge is 0.308 e. The SMILES string of the molecule is COc1ccc(CNC(=O)Cn2c(=O)sc3ccccc32)c(OC)c1. The van der Waals surface area contributed by atoms with E-state index in [1.54, 1.807) is 26.4 Å². The van der Waals surface area contributed by atoms with Crippen molar-refractivity contribution in [1.82, 2.24) is 9.88 Å². The number of nitrogens with one attached hydrogen (secondary N) is 1. The van der Waals surface area contributed by atoms with Crippen LogP contribution in [0.2, 0.25) is 0 Å². The van der Waals surface area contributed by atoms with Crippen molar-refractivity contribution in [2.24, 2.45) is 0 Å². The highest BCUT2D eigenvalue weighted by Crippen LogP contribution is 2.24. The Bertz CT molecular complexity index is 961. The van der Waals surface area contributed by atoms with E-state index in [0.717, 1.165) is 27.1 Å². The summed E-state index contributed by atoms with van der Waals surface area (Å²) in [5.41, 5.74) is 1.61. The Kier molecular flexibility index (Phi) is 5.04. The van der Waals surface area contributed by atoms with Crippen LogP contribution in [-0.4, -0.2) is 24.7 Å². The quantitative estimate of drug-likeness (QED) is 0.735. The van der Waals surface area contributed by atoms with Crippen LogP contribution in [0.3, 0.4) is 0 Å². The van der Waals surface area contributed by atoms with E-state index in [2.05, 4.69) is 5.32 Å². The molecular formula is C18H18N2O4S. The van der Waals surface area contributed by atoms with E-state index in [9.17, 15) is 9.59 Å². The summed E-state index contributed by atoms with van der Waals surface area (Å²) >= 11 is 1.14. The fraction of sp³-hybridized carbons (Fsp3) is 0.222. The van der Waals surface area contributed by atoms with Crippen LogP contribution in [0.25, 0.3) is 10.2 Å². The fourth-order valence-electron chi connectivity index (χ4n) is 2.55. The molecule has 0 spiro atoms. The number of ether oxygens (including phenoxy) is 2. The number of benzene rings is 2. The second-order valence-corrected chi connectivity index (χ2v) is 6.37. The largest absolute Gasteiger partial charge is 0.497 e. The van der Waals surface area contributed by atoms with Gasteiger partial charge in [0.15, 0.2) is 0 Å². The van der Waals surface area contributed by atoms with Crippen molar-refractivity contribution in [2.45, 2.75) is 13.1 Å². The van der Waals surface area contributed by atoms with Crippen LogP contribution in [0, 0.1) is 0 Å². The number of para-hydroxylation sites is 1. The molecule has 2 aromatic carbocycles. The van der Waals surface area contributed by atoms with Crippen LogP contribution in [0.4, 0.5) is 0 Å². The summed E-state index contributed by atoms with van der Waals surface area (Å²) in [4.78, 5) is 24.2. The predicted molar refractivity (Wildman–Crippen MR) is 97.5 cm³/mol. The highest BCUT2D eigenvalue weighted by Gasteiger charge is 2.12. The Morgan fingerprint density at radius 1 is 1.16 bits per heavy atom. The van der Waals surface area contributed by atoms with Gasteiger partial charge >= 0.3 is 4.87 Å². The number of hydrogen-bond acceptors (Lipinski definition) is 5. The molecule has 7 heteroatoms. The highest BCUT2D eigenvalue weighted by molar-refractivity contribution is 7.16. The fourth-order valence-corrected chi connectivity index (χ4v) is 3.45. The molecule has 0 radical (unpaired) electrons. The summed E-state index contributed by atoms with van der Waals surface area (Å²) < 4.78 is 12.8. The van der Waals surface area contributed by atoms with Crippen LogP contribution in [0.15, 0.2) is 47.3 Å². The molecule has 0 atom stereocenters. The molecule has 3 aromatic rings. The Balaban J connectivity index is 1.71. The van der Waals surface area contributed by atoms with Crippen LogP contribution in [-0.2, 0) is 17.9 Å². The summed E-state index contributed by atoms with van der Waals surface area (Å²) in [6.45, 7) is 0.296. The molecule has 3 rings (SSSR count). The number of rotatable bonds is 6. The molecule has 1 amide bonds. The molecule has 0 bridgehead atoms. The van der Waals surface area contributed by atoms with E-state index in [0.29, 0.717) is 18.0 Å². The molecule has 0 aliphatic heterocycles. The van der Waals surface area contributed by atoms with Crippen molar-refractivity contribution in [3.8, 4) is 11.5 Å². The first-order valence-electron chi connectivity index (χ1n) is 7.68. The summed E-state index contributed by atoms with van der Waals surface area (Å²) in [6.07, 6.45) is 0. The van der Waals surface area contributed by atoms with Crippen LogP contribution >= 0.6 is 11.3 Å². The maximum atomic E-state index is 12.3. The Morgan fingerprint density at radius 2 is 1.96 bits per heavy atom. The topological polar surface area (TPSA) is 69.6 Å². The molecule has 1 aromatic heterocycles. The van der Waals surface area contributed by atoms with Crippen molar-refractivity contribution < 1.29 is 14.3 Å². The van der Waals surface area contributed by atoms with E-state index in [4.69, 9.17) is 9.47 Å². The summed E-state index contributed by atoms with van der Waals surface area (Å²) in [7, 11) is 3.15. The van der Waals surface area contributed by atoms with Crippen LogP contribution in [0.5, 0.6) is 11.5 Å². The maximum absolute atomic E-state index is 12.3. The first-order valence-corrected chi connectivity index (χ1v) is 8.50. The lowest BCUT2D eigenvalue weighted by Gasteiger charge is -2.11. The van der Waals surface area contributed by atoms with Gasteiger partial charge < -0.3 is 14.8 Å². The van der Waals surface area contributed by atoms with Gasteiger partial charge in [0.25, 0.3) is 0 Å². The molecule has 130 valence electrons. The minimum atomic E-state index is -0.233. The Hall–Kier alpha value is -2.80. The van der Waals surface area contributed by atoms with Crippen molar-refractivity contribution in [3.05, 3.63) is 57.7 Å². The molecule has 0 aliphatic rings. The van der Waals surface area contributed by atoms with Gasteiger partial charge in [-0.05, 0) is 24.3 Å². The molecular weight excluding hydrogens is 340 g/mol. The monoisotopic (exact) mass is 358 g/mol. The van der Waals surface area contributed by atoms with Crippen LogP contribution in [0.1, 0.15) is 5.56 Å². The predicted octanol–water partition coefficient (Wildman–Crippen LogP) is 2.40. The second-order valence-electron chi connectivity index (χ2n) is 5.38. The number of nitrogens with zero attached hydrogens (tertiary/aromatic N) is 1. The molecule has 0 saturated heterocycles. The maximum Gasteiger partial charge on any atom is 0.308 e. The third-order valence-electron chi connectivity index (χ3n) is 3.85. The van der Waals surface area contributed by atoms with Crippen molar-refractivity contribution in [1.29, 1.82) is 0 Å².